The quantitative estimate of drug-likeness (QED) is 0.516. The molecule has 0 saturated carbocycles. The summed E-state index contributed by atoms with van der Waals surface area (Å²) < 4.78 is 37.3. The molecule has 1 heterocycles. The summed E-state index contributed by atoms with van der Waals surface area (Å²) in [5.74, 6) is -1.86. The lowest BCUT2D eigenvalue weighted by molar-refractivity contribution is -0.00786. The molecule has 10 heteroatoms. The Morgan fingerprint density at radius 2 is 1.74 bits per heavy atom. The van der Waals surface area contributed by atoms with E-state index in [4.69, 9.17) is 14.3 Å². The number of rotatable bonds is 3. The first-order valence-electron chi connectivity index (χ1n) is 9.45. The van der Waals surface area contributed by atoms with E-state index < -0.39 is 33.2 Å². The molecule has 0 aromatic heterocycles. The molecule has 9 nitrogen and oxygen atoms in total. The number of anilines is 2. The van der Waals surface area contributed by atoms with Crippen LogP contribution in [-0.4, -0.2) is 38.3 Å². The van der Waals surface area contributed by atoms with E-state index in [1.54, 1.807) is 33.8 Å². The Hall–Kier alpha value is -3.40. The number of ether oxygens (including phenoxy) is 2. The zero-order chi connectivity index (χ0) is 22.7. The average Bonchev–Trinajstić information content (AvgIpc) is 2.82. The molecule has 31 heavy (non-hydrogen) atoms. The highest BCUT2D eigenvalue weighted by atomic mass is 32.2. The van der Waals surface area contributed by atoms with Crippen LogP contribution in [0.2, 0.25) is 0 Å². The first-order chi connectivity index (χ1) is 14.5. The van der Waals surface area contributed by atoms with Gasteiger partial charge in [0.2, 0.25) is 21.4 Å². The van der Waals surface area contributed by atoms with E-state index in [1.807, 2.05) is 0 Å². The van der Waals surface area contributed by atoms with Crippen molar-refractivity contribution in [3.63, 3.8) is 0 Å². The molecule has 0 N–H and O–H groups in total. The highest BCUT2D eigenvalue weighted by molar-refractivity contribution is 7.92. The van der Waals surface area contributed by atoms with Gasteiger partial charge in [0, 0.05) is 0 Å². The Bertz CT molecular complexity index is 1260. The molecule has 0 fully saturated rings. The Labute approximate surface area is 178 Å². The minimum Gasteiger partial charge on any atom is -0.492 e. The van der Waals surface area contributed by atoms with E-state index in [1.165, 1.54) is 18.2 Å². The topological polar surface area (TPSA) is 116 Å². The molecule has 2 aliphatic rings. The Morgan fingerprint density at radius 1 is 1.06 bits per heavy atom. The summed E-state index contributed by atoms with van der Waals surface area (Å²) in [5.41, 5.74) is -1.54. The van der Waals surface area contributed by atoms with Crippen molar-refractivity contribution in [2.24, 2.45) is 0 Å². The van der Waals surface area contributed by atoms with Crippen molar-refractivity contribution in [3.05, 3.63) is 41.5 Å². The summed E-state index contributed by atoms with van der Waals surface area (Å²) in [6.45, 7) is 6.71. The highest BCUT2D eigenvalue weighted by Crippen LogP contribution is 2.52. The van der Waals surface area contributed by atoms with Crippen LogP contribution >= 0.6 is 0 Å². The molecule has 2 aromatic rings. The summed E-state index contributed by atoms with van der Waals surface area (Å²) in [7, 11) is -4.12. The fourth-order valence-electron chi connectivity index (χ4n) is 3.48. The van der Waals surface area contributed by atoms with Gasteiger partial charge in [-0.05, 0) is 45.9 Å². The van der Waals surface area contributed by atoms with Crippen molar-refractivity contribution in [3.8, 4) is 5.75 Å². The number of fused-ring (bicyclic) bond motifs is 5. The van der Waals surface area contributed by atoms with Gasteiger partial charge in [-0.1, -0.05) is 12.1 Å². The molecule has 0 radical (unpaired) electrons. The molecule has 162 valence electrons. The minimum absolute atomic E-state index is 0.000503. The van der Waals surface area contributed by atoms with Gasteiger partial charge >= 0.3 is 6.16 Å². The van der Waals surface area contributed by atoms with Crippen molar-refractivity contribution >= 4 is 38.9 Å². The monoisotopic (exact) mass is 445 g/mol. The maximum absolute atomic E-state index is 13.3. The van der Waals surface area contributed by atoms with E-state index in [0.29, 0.717) is 0 Å². The van der Waals surface area contributed by atoms with Crippen LogP contribution < -0.4 is 9.80 Å². The van der Waals surface area contributed by atoms with Crippen molar-refractivity contribution < 1.29 is 37.1 Å². The Balaban J connectivity index is 2.00. The summed E-state index contributed by atoms with van der Waals surface area (Å²) in [6, 6.07) is 6.92. The molecular formula is C21H19NO8S. The van der Waals surface area contributed by atoms with Crippen LogP contribution in [0.25, 0.3) is 0 Å². The van der Waals surface area contributed by atoms with Crippen LogP contribution in [0.1, 0.15) is 48.4 Å². The van der Waals surface area contributed by atoms with E-state index in [9.17, 15) is 22.8 Å². The number of Topliss-reactive ketones (excluding diaryl/α,β-unsaturated/α-hetero) is 2. The van der Waals surface area contributed by atoms with E-state index in [2.05, 4.69) is 0 Å². The standard InChI is InChI=1S/C21H19NO8S/c1-5-28-19-11-10-14-16(15(19)18(24)17(11)23)22(30-20(25)29-21(2,3)4)12-8-6-7-9-13(12)31(14,26)27/h6-10H,5H2,1-4H3. The third-order valence-electron chi connectivity index (χ3n) is 4.61. The molecule has 0 atom stereocenters. The van der Waals surface area contributed by atoms with Gasteiger partial charge in [0.05, 0.1) is 22.6 Å². The number of carbonyl (C=O) groups excluding carboxylic acids is 3. The summed E-state index contributed by atoms with van der Waals surface area (Å²) in [4.78, 5) is 42.6. The number of ketones is 2. The minimum atomic E-state index is -4.12. The number of carbonyl (C=O) groups is 3. The molecule has 1 aliphatic carbocycles. The molecule has 0 saturated heterocycles. The van der Waals surface area contributed by atoms with Crippen molar-refractivity contribution in [1.82, 2.24) is 0 Å². The maximum atomic E-state index is 13.3. The van der Waals surface area contributed by atoms with Crippen LogP contribution in [0.3, 0.4) is 0 Å². The van der Waals surface area contributed by atoms with E-state index in [0.717, 1.165) is 11.1 Å². The van der Waals surface area contributed by atoms with E-state index >= 15 is 0 Å². The molecule has 4 rings (SSSR count). The lowest BCUT2D eigenvalue weighted by atomic mass is 10.1. The normalized spacial score (nSPS) is 15.9. The second kappa shape index (κ2) is 6.81. The molecule has 2 aromatic carbocycles. The van der Waals surface area contributed by atoms with Gasteiger partial charge in [-0.2, -0.15) is 5.06 Å². The third-order valence-corrected chi connectivity index (χ3v) is 6.42. The van der Waals surface area contributed by atoms with Gasteiger partial charge in [0.15, 0.2) is 0 Å². The Kier molecular flexibility index (Phi) is 4.58. The number of nitrogens with zero attached hydrogens (tertiary/aromatic N) is 1. The maximum Gasteiger partial charge on any atom is 0.534 e. The molecule has 1 aliphatic heterocycles. The zero-order valence-electron chi connectivity index (χ0n) is 17.2. The molecule has 0 amide bonds. The summed E-state index contributed by atoms with van der Waals surface area (Å²) in [5, 5.41) is 0.915. The summed E-state index contributed by atoms with van der Waals surface area (Å²) in [6.07, 6.45) is -1.11. The van der Waals surface area contributed by atoms with Gasteiger partial charge < -0.3 is 14.3 Å². The lowest BCUT2D eigenvalue weighted by Gasteiger charge is -2.32. The summed E-state index contributed by atoms with van der Waals surface area (Å²) >= 11 is 0. The average molecular weight is 445 g/mol. The smallest absolute Gasteiger partial charge is 0.492 e. The Morgan fingerprint density at radius 3 is 2.39 bits per heavy atom. The number of para-hydroxylation sites is 1. The second-order valence-corrected chi connectivity index (χ2v) is 9.77. The fourth-order valence-corrected chi connectivity index (χ4v) is 5.11. The van der Waals surface area contributed by atoms with Crippen LogP contribution in [-0.2, 0) is 19.4 Å². The van der Waals surface area contributed by atoms with Crippen LogP contribution in [0.4, 0.5) is 16.2 Å². The molecule has 0 unspecified atom stereocenters. The fraction of sp³-hybridized carbons (Fsp3) is 0.286. The number of hydrogen-bond donors (Lipinski definition) is 0. The SMILES string of the molecule is CCOc1c2cc3c(c1C(=O)C2=O)N(OC(=O)OC(C)(C)C)c1ccccc1S3(=O)=O. The second-order valence-electron chi connectivity index (χ2n) is 7.89. The predicted octanol–water partition coefficient (Wildman–Crippen LogP) is 3.62. The van der Waals surface area contributed by atoms with Gasteiger partial charge in [-0.3, -0.25) is 9.59 Å². The first kappa shape index (κ1) is 20.9. The number of benzene rings is 2. The van der Waals surface area contributed by atoms with Gasteiger partial charge in [0.1, 0.15) is 27.6 Å². The largest absolute Gasteiger partial charge is 0.534 e. The predicted molar refractivity (Wildman–Crippen MR) is 108 cm³/mol. The zero-order valence-corrected chi connectivity index (χ0v) is 18.0. The third kappa shape index (κ3) is 3.14. The number of sulfone groups is 1. The molecule has 0 spiro atoms. The van der Waals surface area contributed by atoms with Crippen LogP contribution in [0, 0.1) is 0 Å². The van der Waals surface area contributed by atoms with Crippen LogP contribution in [0.15, 0.2) is 40.1 Å². The molecular weight excluding hydrogens is 426 g/mol. The lowest BCUT2D eigenvalue weighted by Crippen LogP contribution is -2.33. The van der Waals surface area contributed by atoms with Gasteiger partial charge in [0.25, 0.3) is 0 Å². The first-order valence-corrected chi connectivity index (χ1v) is 10.9. The van der Waals surface area contributed by atoms with Gasteiger partial charge in [-0.15, -0.1) is 0 Å². The highest BCUT2D eigenvalue weighted by Gasteiger charge is 2.47. The van der Waals surface area contributed by atoms with E-state index in [-0.39, 0.29) is 44.6 Å². The van der Waals surface area contributed by atoms with Gasteiger partial charge in [-0.25, -0.2) is 13.2 Å². The number of hydrogen-bond acceptors (Lipinski definition) is 9. The van der Waals surface area contributed by atoms with Crippen molar-refractivity contribution in [1.29, 1.82) is 0 Å². The van der Waals surface area contributed by atoms with Crippen LogP contribution in [0.5, 0.6) is 5.75 Å². The van der Waals surface area contributed by atoms with Crippen molar-refractivity contribution in [2.45, 2.75) is 43.1 Å². The van der Waals surface area contributed by atoms with Crippen molar-refractivity contribution in [2.75, 3.05) is 11.7 Å². The molecule has 2 bridgehead atoms.